The fourth-order valence-corrected chi connectivity index (χ4v) is 5.28. The third-order valence-corrected chi connectivity index (χ3v) is 7.49. The fourth-order valence-electron chi connectivity index (χ4n) is 4.26. The van der Waals surface area contributed by atoms with Gasteiger partial charge in [-0.1, -0.05) is 72.4 Å². The summed E-state index contributed by atoms with van der Waals surface area (Å²) >= 11 is 0.974. The first-order valence-electron chi connectivity index (χ1n) is 12.3. The van der Waals surface area contributed by atoms with Crippen molar-refractivity contribution in [1.82, 2.24) is 4.90 Å². The van der Waals surface area contributed by atoms with E-state index in [1.165, 1.54) is 11.6 Å². The van der Waals surface area contributed by atoms with Gasteiger partial charge in [-0.15, -0.1) is 0 Å². The molecule has 2 N–H and O–H groups in total. The van der Waals surface area contributed by atoms with Gasteiger partial charge in [0.2, 0.25) is 4.93 Å². The quantitative estimate of drug-likeness (QED) is 0.216. The first-order valence-corrected chi connectivity index (χ1v) is 13.1. The minimum atomic E-state index is -2.03. The molecular weight excluding hydrogens is 490 g/mol. The van der Waals surface area contributed by atoms with Gasteiger partial charge in [-0.3, -0.25) is 4.90 Å². The Morgan fingerprint density at radius 3 is 2.30 bits per heavy atom. The number of thioether (sulfide) groups is 1. The number of hydrogen-bond acceptors (Lipinski definition) is 7. The van der Waals surface area contributed by atoms with E-state index in [2.05, 4.69) is 17.0 Å². The number of hydrogen-bond donors (Lipinski definition) is 2. The number of piperidine rings is 1. The summed E-state index contributed by atoms with van der Waals surface area (Å²) in [5, 5.41) is 20.6. The molecule has 0 radical (unpaired) electrons. The SMILES string of the molecule is O=C(O)COc1cccc([C@@](O)(Sc2ccccc2)C(=O)OCC2CCN(Cc3ccccc3)CC2)c1. The molecule has 0 unspecified atom stereocenters. The van der Waals surface area contributed by atoms with Crippen molar-refractivity contribution >= 4 is 23.7 Å². The maximum Gasteiger partial charge on any atom is 0.354 e. The zero-order chi connectivity index (χ0) is 26.1. The van der Waals surface area contributed by atoms with Crippen LogP contribution < -0.4 is 4.74 Å². The maximum absolute atomic E-state index is 13.4. The molecule has 4 rings (SSSR count). The number of carbonyl (C=O) groups excluding carboxylic acids is 1. The lowest BCUT2D eigenvalue weighted by Gasteiger charge is -2.32. The van der Waals surface area contributed by atoms with Crippen LogP contribution >= 0.6 is 11.8 Å². The molecule has 0 amide bonds. The van der Waals surface area contributed by atoms with E-state index < -0.39 is 23.5 Å². The average Bonchev–Trinajstić information content (AvgIpc) is 2.92. The van der Waals surface area contributed by atoms with E-state index in [1.54, 1.807) is 30.3 Å². The topological polar surface area (TPSA) is 96.3 Å². The van der Waals surface area contributed by atoms with Crippen LogP contribution in [-0.2, 0) is 25.8 Å². The van der Waals surface area contributed by atoms with E-state index in [9.17, 15) is 14.7 Å². The molecule has 7 nitrogen and oxygen atoms in total. The van der Waals surface area contributed by atoms with E-state index in [-0.39, 0.29) is 23.8 Å². The van der Waals surface area contributed by atoms with E-state index in [4.69, 9.17) is 14.6 Å². The number of benzene rings is 3. The van der Waals surface area contributed by atoms with Crippen LogP contribution in [0.3, 0.4) is 0 Å². The molecule has 3 aromatic carbocycles. The number of esters is 1. The molecule has 3 aromatic rings. The average molecular weight is 522 g/mol. The molecule has 1 aliphatic rings. The molecule has 0 saturated carbocycles. The van der Waals surface area contributed by atoms with E-state index in [0.29, 0.717) is 4.90 Å². The van der Waals surface area contributed by atoms with Gasteiger partial charge in [-0.2, -0.15) is 0 Å². The number of carboxylic acids is 1. The molecule has 8 heteroatoms. The van der Waals surface area contributed by atoms with Gasteiger partial charge in [0.15, 0.2) is 6.61 Å². The first-order chi connectivity index (χ1) is 17.9. The summed E-state index contributed by atoms with van der Waals surface area (Å²) < 4.78 is 11.0. The lowest BCUT2D eigenvalue weighted by Crippen LogP contribution is -2.38. The summed E-state index contributed by atoms with van der Waals surface area (Å²) in [7, 11) is 0. The lowest BCUT2D eigenvalue weighted by molar-refractivity contribution is -0.159. The van der Waals surface area contributed by atoms with Crippen molar-refractivity contribution in [1.29, 1.82) is 0 Å². The first kappa shape index (κ1) is 26.7. The van der Waals surface area contributed by atoms with Crippen molar-refractivity contribution in [3.63, 3.8) is 0 Å². The van der Waals surface area contributed by atoms with Crippen LogP contribution in [-0.4, -0.2) is 53.4 Å². The van der Waals surface area contributed by atoms with E-state index >= 15 is 0 Å². The zero-order valence-electron chi connectivity index (χ0n) is 20.5. The monoisotopic (exact) mass is 521 g/mol. The predicted molar refractivity (Wildman–Crippen MR) is 141 cm³/mol. The second-order valence-electron chi connectivity index (χ2n) is 9.07. The van der Waals surface area contributed by atoms with Gasteiger partial charge in [0, 0.05) is 17.0 Å². The molecule has 0 aliphatic carbocycles. The predicted octanol–water partition coefficient (Wildman–Crippen LogP) is 4.54. The number of aliphatic hydroxyl groups is 1. The fraction of sp³-hybridized carbons (Fsp3) is 0.310. The van der Waals surface area contributed by atoms with Gasteiger partial charge >= 0.3 is 11.9 Å². The van der Waals surface area contributed by atoms with Crippen LogP contribution in [0.1, 0.15) is 24.0 Å². The molecule has 1 aliphatic heterocycles. The number of nitrogens with zero attached hydrogens (tertiary/aromatic N) is 1. The Kier molecular flexibility index (Phi) is 9.22. The van der Waals surface area contributed by atoms with Crippen LogP contribution in [0.4, 0.5) is 0 Å². The van der Waals surface area contributed by atoms with Crippen LogP contribution in [0, 0.1) is 5.92 Å². The van der Waals surface area contributed by atoms with Gasteiger partial charge in [-0.05, 0) is 61.7 Å². The Bertz CT molecular complexity index is 1170. The minimum Gasteiger partial charge on any atom is -0.482 e. The van der Waals surface area contributed by atoms with Crippen LogP contribution in [0.2, 0.25) is 0 Å². The van der Waals surface area contributed by atoms with Gasteiger partial charge < -0.3 is 19.7 Å². The lowest BCUT2D eigenvalue weighted by atomic mass is 9.97. The highest BCUT2D eigenvalue weighted by atomic mass is 32.2. The Hall–Kier alpha value is -3.33. The van der Waals surface area contributed by atoms with Crippen molar-refractivity contribution in [2.45, 2.75) is 29.2 Å². The Morgan fingerprint density at radius 2 is 1.62 bits per heavy atom. The van der Waals surface area contributed by atoms with Gasteiger partial charge in [0.05, 0.1) is 6.61 Å². The molecule has 1 atom stereocenters. The number of carbonyl (C=O) groups is 2. The number of likely N-dealkylation sites (tertiary alicyclic amines) is 1. The number of rotatable bonds is 11. The summed E-state index contributed by atoms with van der Waals surface area (Å²) in [5.41, 5.74) is 1.54. The maximum atomic E-state index is 13.4. The normalized spacial score (nSPS) is 16.0. The highest BCUT2D eigenvalue weighted by molar-refractivity contribution is 8.00. The molecular formula is C29H31NO6S. The van der Waals surface area contributed by atoms with Crippen LogP contribution in [0.5, 0.6) is 5.75 Å². The van der Waals surface area contributed by atoms with E-state index in [1.807, 2.05) is 36.4 Å². The van der Waals surface area contributed by atoms with Crippen molar-refractivity contribution in [2.24, 2.45) is 5.92 Å². The molecule has 0 aromatic heterocycles. The summed E-state index contributed by atoms with van der Waals surface area (Å²) in [6, 6.07) is 25.7. The van der Waals surface area contributed by atoms with E-state index in [0.717, 1.165) is 44.2 Å². The van der Waals surface area contributed by atoms with Crippen LogP contribution in [0.25, 0.3) is 0 Å². The largest absolute Gasteiger partial charge is 0.482 e. The summed E-state index contributed by atoms with van der Waals surface area (Å²) in [4.78, 5) is 25.3. The summed E-state index contributed by atoms with van der Waals surface area (Å²) in [5.74, 6) is -1.42. The Morgan fingerprint density at radius 1 is 0.946 bits per heavy atom. The summed E-state index contributed by atoms with van der Waals surface area (Å²) in [6.45, 7) is 2.44. The van der Waals surface area contributed by atoms with Crippen molar-refractivity contribution in [2.75, 3.05) is 26.3 Å². The van der Waals surface area contributed by atoms with Crippen molar-refractivity contribution in [3.8, 4) is 5.75 Å². The van der Waals surface area contributed by atoms with Gasteiger partial charge in [0.25, 0.3) is 0 Å². The third kappa shape index (κ3) is 7.58. The molecule has 1 fully saturated rings. The Balaban J connectivity index is 1.41. The molecule has 1 heterocycles. The number of aliphatic carboxylic acids is 1. The molecule has 37 heavy (non-hydrogen) atoms. The minimum absolute atomic E-state index is 0.215. The van der Waals surface area contributed by atoms with Crippen LogP contribution in [0.15, 0.2) is 89.8 Å². The van der Waals surface area contributed by atoms with Gasteiger partial charge in [-0.25, -0.2) is 9.59 Å². The standard InChI is InChI=1S/C29H31NO6S/c31-27(32)21-35-25-11-7-10-24(18-25)29(34,37-26-12-5-2-6-13-26)28(33)36-20-23-14-16-30(17-15-23)19-22-8-3-1-4-9-22/h1-13,18,23,34H,14-17,19-21H2,(H,31,32)/t29-/m1/s1. The Labute approximate surface area is 221 Å². The van der Waals surface area contributed by atoms with Crippen molar-refractivity contribution in [3.05, 3.63) is 96.1 Å². The number of carboxylic acid groups (broad SMARTS) is 1. The van der Waals surface area contributed by atoms with Gasteiger partial charge in [0.1, 0.15) is 5.75 Å². The van der Waals surface area contributed by atoms with Crippen molar-refractivity contribution < 1.29 is 29.3 Å². The smallest absolute Gasteiger partial charge is 0.354 e. The highest BCUT2D eigenvalue weighted by Gasteiger charge is 2.42. The second kappa shape index (κ2) is 12.8. The molecule has 0 spiro atoms. The molecule has 0 bridgehead atoms. The number of ether oxygens (including phenoxy) is 2. The second-order valence-corrected chi connectivity index (χ2v) is 10.3. The molecule has 1 saturated heterocycles. The summed E-state index contributed by atoms with van der Waals surface area (Å²) in [6.07, 6.45) is 1.81. The highest BCUT2D eigenvalue weighted by Crippen LogP contribution is 2.41. The zero-order valence-corrected chi connectivity index (χ0v) is 21.3. The third-order valence-electron chi connectivity index (χ3n) is 6.28. The molecule has 194 valence electrons.